The summed E-state index contributed by atoms with van der Waals surface area (Å²) in [6.07, 6.45) is -1.70. The quantitative estimate of drug-likeness (QED) is 0.428. The monoisotopic (exact) mass is 469 g/mol. The molecule has 0 spiro atoms. The Hall–Kier alpha value is -4.41. The van der Waals surface area contributed by atoms with Crippen molar-refractivity contribution in [1.29, 1.82) is 0 Å². The lowest BCUT2D eigenvalue weighted by molar-refractivity contribution is -0.137. The first-order valence-corrected chi connectivity index (χ1v) is 9.96. The number of halogens is 3. The van der Waals surface area contributed by atoms with Gasteiger partial charge in [-0.3, -0.25) is 9.59 Å². The number of anilines is 1. The minimum Gasteiger partial charge on any atom is -0.399 e. The van der Waals surface area contributed by atoms with Crippen molar-refractivity contribution >= 4 is 11.6 Å². The average molecular weight is 469 g/mol. The molecular formula is C23H18F3N5O3. The molecule has 0 radical (unpaired) electrons. The van der Waals surface area contributed by atoms with E-state index in [0.717, 1.165) is 22.9 Å². The zero-order valence-electron chi connectivity index (χ0n) is 17.7. The molecule has 2 aromatic carbocycles. The average Bonchev–Trinajstić information content (AvgIpc) is 3.32. The number of carbonyl (C=O) groups excluding carboxylic acids is 1. The predicted molar refractivity (Wildman–Crippen MR) is 117 cm³/mol. The number of hydrogen-bond acceptors (Lipinski definition) is 6. The Morgan fingerprint density at radius 1 is 1.12 bits per heavy atom. The van der Waals surface area contributed by atoms with Crippen LogP contribution in [0.5, 0.6) is 0 Å². The number of rotatable bonds is 5. The normalized spacial score (nSPS) is 12.5. The van der Waals surface area contributed by atoms with E-state index in [0.29, 0.717) is 16.8 Å². The number of carbonyl (C=O) groups is 1. The van der Waals surface area contributed by atoms with Crippen LogP contribution in [-0.2, 0) is 6.18 Å². The summed E-state index contributed by atoms with van der Waals surface area (Å²) in [5.41, 5.74) is 11.2. The molecule has 8 nitrogen and oxygen atoms in total. The molecule has 174 valence electrons. The first-order valence-electron chi connectivity index (χ1n) is 9.96. The van der Waals surface area contributed by atoms with Crippen LogP contribution < -0.4 is 17.0 Å². The van der Waals surface area contributed by atoms with Gasteiger partial charge in [-0.05, 0) is 47.0 Å². The van der Waals surface area contributed by atoms with Crippen LogP contribution in [-0.4, -0.2) is 20.8 Å². The third-order valence-electron chi connectivity index (χ3n) is 5.32. The van der Waals surface area contributed by atoms with Gasteiger partial charge in [0.05, 0.1) is 17.4 Å². The van der Waals surface area contributed by atoms with Crippen molar-refractivity contribution in [2.75, 3.05) is 5.73 Å². The molecule has 0 aliphatic rings. The lowest BCUT2D eigenvalue weighted by Crippen LogP contribution is -2.28. The van der Waals surface area contributed by atoms with Crippen LogP contribution in [0, 0.1) is 0 Å². The molecule has 1 amide bonds. The van der Waals surface area contributed by atoms with E-state index in [1.165, 1.54) is 25.5 Å². The van der Waals surface area contributed by atoms with E-state index < -0.39 is 29.1 Å². The van der Waals surface area contributed by atoms with E-state index in [1.54, 1.807) is 24.3 Å². The van der Waals surface area contributed by atoms with Crippen LogP contribution in [0.1, 0.15) is 40.0 Å². The minimum atomic E-state index is -4.62. The van der Waals surface area contributed by atoms with Gasteiger partial charge in [0.25, 0.3) is 11.5 Å². The number of amides is 1. The Kier molecular flexibility index (Phi) is 5.70. The third-order valence-corrected chi connectivity index (χ3v) is 5.32. The summed E-state index contributed by atoms with van der Waals surface area (Å²) in [6, 6.07) is 10.9. The number of nitrogens with zero attached hydrogens (tertiary/aromatic N) is 3. The SMILES string of the molecule is C[C@H](c1cc(N)cc(C(F)(F)F)c1)c1cc(=O)n(-c2cccc(-c3cnoc3)c2)nc1C(N)=O. The fourth-order valence-electron chi connectivity index (χ4n) is 3.61. The van der Waals surface area contributed by atoms with Crippen LogP contribution in [0.3, 0.4) is 0 Å². The number of alkyl halides is 3. The summed E-state index contributed by atoms with van der Waals surface area (Å²) >= 11 is 0. The number of aromatic nitrogens is 3. The summed E-state index contributed by atoms with van der Waals surface area (Å²) < 4.78 is 45.6. The van der Waals surface area contributed by atoms with E-state index in [2.05, 4.69) is 10.3 Å². The maximum Gasteiger partial charge on any atom is 0.416 e. The fourth-order valence-corrected chi connectivity index (χ4v) is 3.61. The van der Waals surface area contributed by atoms with Gasteiger partial charge in [-0.25, -0.2) is 0 Å². The molecule has 0 unspecified atom stereocenters. The lowest BCUT2D eigenvalue weighted by Gasteiger charge is -2.18. The van der Waals surface area contributed by atoms with Crippen molar-refractivity contribution in [3.8, 4) is 16.8 Å². The second-order valence-corrected chi connectivity index (χ2v) is 7.63. The highest BCUT2D eigenvalue weighted by atomic mass is 19.4. The Balaban J connectivity index is 1.82. The highest BCUT2D eigenvalue weighted by Gasteiger charge is 2.32. The maximum absolute atomic E-state index is 13.3. The second kappa shape index (κ2) is 8.50. The molecule has 4 rings (SSSR count). The molecule has 2 heterocycles. The van der Waals surface area contributed by atoms with Gasteiger partial charge in [0.1, 0.15) is 6.26 Å². The van der Waals surface area contributed by atoms with Gasteiger partial charge in [-0.2, -0.15) is 23.0 Å². The molecular weight excluding hydrogens is 451 g/mol. The van der Waals surface area contributed by atoms with Crippen molar-refractivity contribution in [2.24, 2.45) is 5.73 Å². The Labute approximate surface area is 190 Å². The van der Waals surface area contributed by atoms with Crippen molar-refractivity contribution in [1.82, 2.24) is 14.9 Å². The van der Waals surface area contributed by atoms with Crippen molar-refractivity contribution in [3.05, 3.63) is 93.7 Å². The summed E-state index contributed by atoms with van der Waals surface area (Å²) in [5, 5.41) is 7.79. The lowest BCUT2D eigenvalue weighted by atomic mass is 9.90. The van der Waals surface area contributed by atoms with Crippen molar-refractivity contribution < 1.29 is 22.5 Å². The van der Waals surface area contributed by atoms with Crippen LogP contribution in [0.2, 0.25) is 0 Å². The number of benzene rings is 2. The summed E-state index contributed by atoms with van der Waals surface area (Å²) in [5.74, 6) is -1.77. The number of nitrogens with two attached hydrogens (primary N) is 2. The highest BCUT2D eigenvalue weighted by Crippen LogP contribution is 2.35. The standard InChI is InChI=1S/C23H18F3N5O3/c1-12(14-5-16(23(24,25)26)8-17(27)6-14)19-9-20(32)31(30-21(19)22(28)33)18-4-2-3-13(7-18)15-10-29-34-11-15/h2-12H,27H2,1H3,(H2,28,33)/t12-/m1/s1. The van der Waals surface area contributed by atoms with Crippen LogP contribution in [0.25, 0.3) is 16.8 Å². The maximum atomic E-state index is 13.3. The topological polar surface area (TPSA) is 130 Å². The third kappa shape index (κ3) is 4.40. The Morgan fingerprint density at radius 3 is 2.53 bits per heavy atom. The molecule has 0 aliphatic heterocycles. The van der Waals surface area contributed by atoms with Crippen LogP contribution >= 0.6 is 0 Å². The Bertz CT molecular complexity index is 1430. The number of primary amides is 1. The second-order valence-electron chi connectivity index (χ2n) is 7.63. The molecule has 0 bridgehead atoms. The van der Waals surface area contributed by atoms with Crippen molar-refractivity contribution in [3.63, 3.8) is 0 Å². The molecule has 1 atom stereocenters. The fraction of sp³-hybridized carbons (Fsp3) is 0.130. The van der Waals surface area contributed by atoms with E-state index in [1.807, 2.05) is 0 Å². The van der Waals surface area contributed by atoms with Crippen molar-refractivity contribution in [2.45, 2.75) is 19.0 Å². The zero-order chi connectivity index (χ0) is 24.6. The van der Waals surface area contributed by atoms with Gasteiger partial charge in [0.15, 0.2) is 5.69 Å². The minimum absolute atomic E-state index is 0.0858. The molecule has 4 N–H and O–H groups in total. The smallest absolute Gasteiger partial charge is 0.399 e. The highest BCUT2D eigenvalue weighted by molar-refractivity contribution is 5.92. The predicted octanol–water partition coefficient (Wildman–Crippen LogP) is 3.74. The molecule has 0 fully saturated rings. The molecule has 4 aromatic rings. The van der Waals surface area contributed by atoms with Gasteiger partial charge in [-0.1, -0.05) is 24.2 Å². The van der Waals surface area contributed by atoms with E-state index in [4.69, 9.17) is 16.0 Å². The summed E-state index contributed by atoms with van der Waals surface area (Å²) in [6.45, 7) is 1.54. The first kappa shape index (κ1) is 22.8. The Morgan fingerprint density at radius 2 is 1.88 bits per heavy atom. The van der Waals surface area contributed by atoms with Gasteiger partial charge in [0, 0.05) is 23.2 Å². The summed E-state index contributed by atoms with van der Waals surface area (Å²) in [4.78, 5) is 25.2. The summed E-state index contributed by atoms with van der Waals surface area (Å²) in [7, 11) is 0. The molecule has 0 saturated heterocycles. The zero-order valence-corrected chi connectivity index (χ0v) is 17.7. The van der Waals surface area contributed by atoms with Crippen LogP contribution in [0.4, 0.5) is 18.9 Å². The van der Waals surface area contributed by atoms with Gasteiger partial charge < -0.3 is 16.0 Å². The molecule has 2 aromatic heterocycles. The van der Waals surface area contributed by atoms with E-state index in [9.17, 15) is 22.8 Å². The van der Waals surface area contributed by atoms with Crippen LogP contribution in [0.15, 0.2) is 70.3 Å². The number of hydrogen-bond donors (Lipinski definition) is 2. The molecule has 11 heteroatoms. The molecule has 0 saturated carbocycles. The van der Waals surface area contributed by atoms with Gasteiger partial charge >= 0.3 is 6.18 Å². The van der Waals surface area contributed by atoms with Gasteiger partial charge in [0.2, 0.25) is 0 Å². The molecule has 0 aliphatic carbocycles. The number of nitrogen functional groups attached to an aromatic ring is 1. The largest absolute Gasteiger partial charge is 0.416 e. The first-order chi connectivity index (χ1) is 16.0. The van der Waals surface area contributed by atoms with E-state index >= 15 is 0 Å². The molecule has 34 heavy (non-hydrogen) atoms. The van der Waals surface area contributed by atoms with Gasteiger partial charge in [-0.15, -0.1) is 0 Å². The van der Waals surface area contributed by atoms with E-state index in [-0.39, 0.29) is 22.5 Å².